The third-order valence-corrected chi connectivity index (χ3v) is 2.76. The lowest BCUT2D eigenvalue weighted by molar-refractivity contribution is 0.236. The van der Waals surface area contributed by atoms with E-state index < -0.39 is 0 Å². The fraction of sp³-hybridized carbons (Fsp3) is 0.900. The van der Waals surface area contributed by atoms with Crippen LogP contribution in [0.3, 0.4) is 0 Å². The van der Waals surface area contributed by atoms with Crippen molar-refractivity contribution in [1.29, 1.82) is 0 Å². The standard InChI is InChI=1S/C10H19ClN2O/c11-7-8-12-10(14)13-9-5-3-1-2-4-6-9/h9H,1-8H2,(H2,12,13,14). The summed E-state index contributed by atoms with van der Waals surface area (Å²) in [6.45, 7) is 0.542. The van der Waals surface area contributed by atoms with Crippen molar-refractivity contribution in [2.75, 3.05) is 12.4 Å². The molecule has 0 aliphatic heterocycles. The molecule has 82 valence electrons. The number of hydrogen-bond acceptors (Lipinski definition) is 1. The van der Waals surface area contributed by atoms with Crippen molar-refractivity contribution in [1.82, 2.24) is 10.6 Å². The van der Waals surface area contributed by atoms with E-state index in [2.05, 4.69) is 10.6 Å². The summed E-state index contributed by atoms with van der Waals surface area (Å²) in [5, 5.41) is 5.70. The van der Waals surface area contributed by atoms with Crippen LogP contribution in [-0.2, 0) is 0 Å². The van der Waals surface area contributed by atoms with Crippen LogP contribution in [0.25, 0.3) is 0 Å². The number of carbonyl (C=O) groups excluding carboxylic acids is 1. The van der Waals surface area contributed by atoms with Crippen LogP contribution in [0.1, 0.15) is 38.5 Å². The van der Waals surface area contributed by atoms with E-state index in [-0.39, 0.29) is 6.03 Å². The minimum absolute atomic E-state index is 0.0717. The molecular formula is C10H19ClN2O. The number of rotatable bonds is 3. The van der Waals surface area contributed by atoms with E-state index in [1.54, 1.807) is 0 Å². The molecule has 1 aliphatic rings. The molecular weight excluding hydrogens is 200 g/mol. The van der Waals surface area contributed by atoms with E-state index in [0.717, 1.165) is 12.8 Å². The van der Waals surface area contributed by atoms with Gasteiger partial charge in [0.15, 0.2) is 0 Å². The van der Waals surface area contributed by atoms with Gasteiger partial charge in [-0.2, -0.15) is 0 Å². The molecule has 4 heteroatoms. The zero-order valence-corrected chi connectivity index (χ0v) is 9.28. The number of urea groups is 1. The molecule has 0 bridgehead atoms. The molecule has 0 aromatic carbocycles. The van der Waals surface area contributed by atoms with Crippen molar-refractivity contribution < 1.29 is 4.79 Å². The molecule has 0 aromatic heterocycles. The first-order valence-electron chi connectivity index (χ1n) is 5.43. The summed E-state index contributed by atoms with van der Waals surface area (Å²) in [5.74, 6) is 0.470. The summed E-state index contributed by atoms with van der Waals surface area (Å²) in [7, 11) is 0. The summed E-state index contributed by atoms with van der Waals surface area (Å²) < 4.78 is 0. The molecule has 0 aromatic rings. The Morgan fingerprint density at radius 1 is 1.21 bits per heavy atom. The minimum atomic E-state index is -0.0717. The zero-order valence-electron chi connectivity index (χ0n) is 8.52. The Bertz CT molecular complexity index is 168. The second-order valence-corrected chi connectivity index (χ2v) is 4.16. The van der Waals surface area contributed by atoms with Gasteiger partial charge in [0.2, 0.25) is 0 Å². The van der Waals surface area contributed by atoms with E-state index in [1.807, 2.05) is 0 Å². The van der Waals surface area contributed by atoms with Crippen molar-refractivity contribution in [2.45, 2.75) is 44.6 Å². The average Bonchev–Trinajstić information content (AvgIpc) is 2.43. The van der Waals surface area contributed by atoms with Crippen LogP contribution in [0.2, 0.25) is 0 Å². The fourth-order valence-electron chi connectivity index (χ4n) is 1.82. The van der Waals surface area contributed by atoms with Gasteiger partial charge in [-0.25, -0.2) is 4.79 Å². The number of hydrogen-bond donors (Lipinski definition) is 2. The van der Waals surface area contributed by atoms with Gasteiger partial charge in [0.25, 0.3) is 0 Å². The maximum absolute atomic E-state index is 11.3. The molecule has 0 radical (unpaired) electrons. The molecule has 1 rings (SSSR count). The highest BCUT2D eigenvalue weighted by atomic mass is 35.5. The molecule has 0 heterocycles. The SMILES string of the molecule is O=C(NCCCl)NC1CCCCCC1. The summed E-state index contributed by atoms with van der Waals surface area (Å²) in [4.78, 5) is 11.3. The molecule has 0 unspecified atom stereocenters. The van der Waals surface area contributed by atoms with Gasteiger partial charge >= 0.3 is 6.03 Å². The molecule has 1 aliphatic carbocycles. The van der Waals surface area contributed by atoms with E-state index in [9.17, 15) is 4.79 Å². The second kappa shape index (κ2) is 6.93. The van der Waals surface area contributed by atoms with E-state index >= 15 is 0 Å². The molecule has 2 amide bonds. The largest absolute Gasteiger partial charge is 0.337 e. The predicted molar refractivity (Wildman–Crippen MR) is 58.7 cm³/mol. The lowest BCUT2D eigenvalue weighted by Gasteiger charge is -2.16. The maximum Gasteiger partial charge on any atom is 0.315 e. The second-order valence-electron chi connectivity index (χ2n) is 3.78. The number of halogens is 1. The highest BCUT2D eigenvalue weighted by Crippen LogP contribution is 2.16. The third-order valence-electron chi connectivity index (χ3n) is 2.57. The predicted octanol–water partition coefficient (Wildman–Crippen LogP) is 2.25. The van der Waals surface area contributed by atoms with Crippen LogP contribution in [0.15, 0.2) is 0 Å². The van der Waals surface area contributed by atoms with Crippen molar-refractivity contribution >= 4 is 17.6 Å². The van der Waals surface area contributed by atoms with E-state index in [4.69, 9.17) is 11.6 Å². The summed E-state index contributed by atoms with van der Waals surface area (Å²) >= 11 is 5.47. The van der Waals surface area contributed by atoms with Gasteiger partial charge in [0, 0.05) is 18.5 Å². The van der Waals surface area contributed by atoms with Gasteiger partial charge in [-0.1, -0.05) is 25.7 Å². The van der Waals surface area contributed by atoms with Crippen LogP contribution in [-0.4, -0.2) is 24.5 Å². The quantitative estimate of drug-likeness (QED) is 0.554. The molecule has 2 N–H and O–H groups in total. The van der Waals surface area contributed by atoms with Gasteiger partial charge < -0.3 is 10.6 Å². The molecule has 3 nitrogen and oxygen atoms in total. The Labute approximate surface area is 90.6 Å². The first-order chi connectivity index (χ1) is 6.83. The van der Waals surface area contributed by atoms with Gasteiger partial charge in [-0.3, -0.25) is 0 Å². The number of amides is 2. The summed E-state index contributed by atoms with van der Waals surface area (Å²) in [6, 6.07) is 0.297. The summed E-state index contributed by atoms with van der Waals surface area (Å²) in [5.41, 5.74) is 0. The van der Waals surface area contributed by atoms with E-state index in [1.165, 1.54) is 25.7 Å². The van der Waals surface area contributed by atoms with Crippen LogP contribution >= 0.6 is 11.6 Å². The van der Waals surface area contributed by atoms with Crippen molar-refractivity contribution in [3.8, 4) is 0 Å². The van der Waals surface area contributed by atoms with Crippen LogP contribution in [0, 0.1) is 0 Å². The molecule has 0 spiro atoms. The topological polar surface area (TPSA) is 41.1 Å². The normalized spacial score (nSPS) is 18.6. The number of alkyl halides is 1. The van der Waals surface area contributed by atoms with Gasteiger partial charge in [0.05, 0.1) is 0 Å². The fourth-order valence-corrected chi connectivity index (χ4v) is 1.92. The Hall–Kier alpha value is -0.440. The molecule has 1 fully saturated rings. The van der Waals surface area contributed by atoms with Crippen LogP contribution in [0.5, 0.6) is 0 Å². The van der Waals surface area contributed by atoms with Crippen molar-refractivity contribution in [3.63, 3.8) is 0 Å². The lowest BCUT2D eigenvalue weighted by atomic mass is 10.1. The van der Waals surface area contributed by atoms with Crippen molar-refractivity contribution in [2.24, 2.45) is 0 Å². The number of carbonyl (C=O) groups is 1. The highest BCUT2D eigenvalue weighted by molar-refractivity contribution is 6.18. The first-order valence-corrected chi connectivity index (χ1v) is 5.96. The highest BCUT2D eigenvalue weighted by Gasteiger charge is 2.13. The maximum atomic E-state index is 11.3. The number of nitrogens with one attached hydrogen (secondary N) is 2. The average molecular weight is 219 g/mol. The Balaban J connectivity index is 2.17. The Morgan fingerprint density at radius 2 is 1.86 bits per heavy atom. The Morgan fingerprint density at radius 3 is 2.43 bits per heavy atom. The van der Waals surface area contributed by atoms with Crippen molar-refractivity contribution in [3.05, 3.63) is 0 Å². The smallest absolute Gasteiger partial charge is 0.315 e. The van der Waals surface area contributed by atoms with Gasteiger partial charge in [-0.05, 0) is 12.8 Å². The zero-order chi connectivity index (χ0) is 10.2. The van der Waals surface area contributed by atoms with Gasteiger partial charge in [0.1, 0.15) is 0 Å². The molecule has 0 atom stereocenters. The molecule has 1 saturated carbocycles. The molecule has 0 saturated heterocycles. The minimum Gasteiger partial charge on any atom is -0.337 e. The third kappa shape index (κ3) is 4.70. The Kier molecular flexibility index (Phi) is 5.76. The van der Waals surface area contributed by atoms with E-state index in [0.29, 0.717) is 18.5 Å². The van der Waals surface area contributed by atoms with Gasteiger partial charge in [-0.15, -0.1) is 11.6 Å². The summed E-state index contributed by atoms with van der Waals surface area (Å²) in [6.07, 6.45) is 7.33. The first kappa shape index (κ1) is 11.6. The van der Waals surface area contributed by atoms with Crippen LogP contribution < -0.4 is 10.6 Å². The molecule has 14 heavy (non-hydrogen) atoms. The van der Waals surface area contributed by atoms with Crippen LogP contribution in [0.4, 0.5) is 4.79 Å². The monoisotopic (exact) mass is 218 g/mol. The lowest BCUT2D eigenvalue weighted by Crippen LogP contribution is -2.42.